The van der Waals surface area contributed by atoms with Gasteiger partial charge in [0.2, 0.25) is 5.91 Å². The lowest BCUT2D eigenvalue weighted by molar-refractivity contribution is -0.126. The molecule has 146 valence electrons. The summed E-state index contributed by atoms with van der Waals surface area (Å²) in [6.45, 7) is 7.08. The number of terminal acetylenes is 1. The number of aliphatic hydroxyl groups excluding tert-OH is 1. The van der Waals surface area contributed by atoms with E-state index in [1.54, 1.807) is 45.9 Å². The lowest BCUT2D eigenvalue weighted by atomic mass is 10.1. The van der Waals surface area contributed by atoms with Gasteiger partial charge in [-0.25, -0.2) is 4.79 Å². The molecule has 1 aromatic rings. The summed E-state index contributed by atoms with van der Waals surface area (Å²) >= 11 is 6.25. The minimum atomic E-state index is -0.805. The van der Waals surface area contributed by atoms with E-state index in [4.69, 9.17) is 22.8 Å². The Hall–Kier alpha value is -2.23. The molecule has 6 nitrogen and oxygen atoms in total. The fraction of sp³-hybridized carbons (Fsp3) is 0.500. The number of carbonyl (C=O) groups excluding carboxylic acids is 2. The summed E-state index contributed by atoms with van der Waals surface area (Å²) in [5, 5.41) is 13.3. The number of amides is 2. The van der Waals surface area contributed by atoms with Gasteiger partial charge in [-0.1, -0.05) is 23.6 Å². The number of hydrogen-bond acceptors (Lipinski definition) is 4. The zero-order valence-corrected chi connectivity index (χ0v) is 16.7. The Bertz CT molecular complexity index is 766. The second-order valence-corrected chi connectivity index (χ2v) is 8.06. The zero-order chi connectivity index (χ0) is 20.4. The molecule has 1 heterocycles. The van der Waals surface area contributed by atoms with E-state index < -0.39 is 29.9 Å². The highest BCUT2D eigenvalue weighted by Crippen LogP contribution is 2.26. The van der Waals surface area contributed by atoms with Crippen molar-refractivity contribution >= 4 is 23.6 Å². The predicted molar refractivity (Wildman–Crippen MR) is 103 cm³/mol. The predicted octanol–water partition coefficient (Wildman–Crippen LogP) is 2.87. The van der Waals surface area contributed by atoms with E-state index in [1.165, 1.54) is 4.90 Å². The molecule has 1 aliphatic heterocycles. The Morgan fingerprint density at radius 3 is 2.67 bits per heavy atom. The number of nitrogens with zero attached hydrogens (tertiary/aromatic N) is 1. The van der Waals surface area contributed by atoms with E-state index in [9.17, 15) is 14.7 Å². The molecule has 2 N–H and O–H groups in total. The van der Waals surface area contributed by atoms with Crippen molar-refractivity contribution in [1.29, 1.82) is 0 Å². The van der Waals surface area contributed by atoms with Crippen LogP contribution in [-0.2, 0) is 9.53 Å². The van der Waals surface area contributed by atoms with Crippen LogP contribution in [0.4, 0.5) is 4.79 Å². The normalized spacial score (nSPS) is 20.7. The van der Waals surface area contributed by atoms with E-state index in [0.717, 1.165) is 0 Å². The maximum absolute atomic E-state index is 12.7. The van der Waals surface area contributed by atoms with Gasteiger partial charge in [-0.15, -0.1) is 6.42 Å². The second-order valence-electron chi connectivity index (χ2n) is 7.65. The number of β-amino-alcohol motifs (C(OH)–C–C–N with tert-alkyl or cyclic N) is 1. The molecule has 3 atom stereocenters. The molecule has 1 fully saturated rings. The number of nitrogens with one attached hydrogen (secondary N) is 1. The topological polar surface area (TPSA) is 78.9 Å². The maximum atomic E-state index is 12.7. The van der Waals surface area contributed by atoms with E-state index in [1.807, 2.05) is 0 Å². The summed E-state index contributed by atoms with van der Waals surface area (Å²) in [5.41, 5.74) is 0.675. The van der Waals surface area contributed by atoms with E-state index in [-0.39, 0.29) is 18.9 Å². The van der Waals surface area contributed by atoms with Gasteiger partial charge in [0.25, 0.3) is 0 Å². The average Bonchev–Trinajstić information content (AvgIpc) is 2.95. The van der Waals surface area contributed by atoms with Gasteiger partial charge in [0.05, 0.1) is 18.7 Å². The molecule has 2 rings (SSSR count). The molecule has 0 bridgehead atoms. The van der Waals surface area contributed by atoms with Crippen molar-refractivity contribution in [3.8, 4) is 12.3 Å². The highest BCUT2D eigenvalue weighted by Gasteiger charge is 2.41. The van der Waals surface area contributed by atoms with Crippen molar-refractivity contribution in [3.05, 3.63) is 34.3 Å². The molecule has 27 heavy (non-hydrogen) atoms. The summed E-state index contributed by atoms with van der Waals surface area (Å²) in [7, 11) is 0. The summed E-state index contributed by atoms with van der Waals surface area (Å²) < 4.78 is 5.34. The second kappa shape index (κ2) is 8.20. The smallest absolute Gasteiger partial charge is 0.411 e. The lowest BCUT2D eigenvalue weighted by Gasteiger charge is -2.28. The molecule has 1 aromatic carbocycles. The Kier molecular flexibility index (Phi) is 6.40. The summed E-state index contributed by atoms with van der Waals surface area (Å²) in [4.78, 5) is 26.4. The van der Waals surface area contributed by atoms with Gasteiger partial charge in [0, 0.05) is 17.0 Å². The number of likely N-dealkylation sites (tertiary alicyclic amines) is 1. The molecule has 0 spiro atoms. The standard InChI is InChI=1S/C20H25ClN2O4/c1-6-13-7-8-15(16(21)9-13)12(2)22-18(25)17-10-14(24)11-23(17)19(26)27-20(3,4)5/h1,7-9,12,14,17,24H,10-11H2,2-5H3,(H,22,25). The minimum absolute atomic E-state index is 0.0546. The molecule has 0 aliphatic carbocycles. The Labute approximate surface area is 164 Å². The van der Waals surface area contributed by atoms with Gasteiger partial charge in [0.1, 0.15) is 11.6 Å². The Morgan fingerprint density at radius 2 is 2.11 bits per heavy atom. The molecule has 3 unspecified atom stereocenters. The minimum Gasteiger partial charge on any atom is -0.444 e. The van der Waals surface area contributed by atoms with Gasteiger partial charge >= 0.3 is 6.09 Å². The molecule has 0 saturated carbocycles. The summed E-state index contributed by atoms with van der Waals surface area (Å²) in [6.07, 6.45) is 4.11. The van der Waals surface area contributed by atoms with Gasteiger partial charge in [-0.3, -0.25) is 9.69 Å². The number of aliphatic hydroxyl groups is 1. The van der Waals surface area contributed by atoms with Gasteiger partial charge in [-0.05, 0) is 45.4 Å². The van der Waals surface area contributed by atoms with Crippen molar-refractivity contribution in [3.63, 3.8) is 0 Å². The van der Waals surface area contributed by atoms with Crippen molar-refractivity contribution in [2.45, 2.75) is 57.9 Å². The van der Waals surface area contributed by atoms with Gasteiger partial charge < -0.3 is 15.2 Å². The fourth-order valence-electron chi connectivity index (χ4n) is 2.94. The van der Waals surface area contributed by atoms with E-state index >= 15 is 0 Å². The van der Waals surface area contributed by atoms with Crippen molar-refractivity contribution in [2.24, 2.45) is 0 Å². The third-order valence-electron chi connectivity index (χ3n) is 4.20. The van der Waals surface area contributed by atoms with Crippen LogP contribution in [-0.4, -0.2) is 46.3 Å². The monoisotopic (exact) mass is 392 g/mol. The van der Waals surface area contributed by atoms with Crippen LogP contribution < -0.4 is 5.32 Å². The van der Waals surface area contributed by atoms with Crippen LogP contribution in [0.3, 0.4) is 0 Å². The molecule has 0 aromatic heterocycles. The number of halogens is 1. The molecular weight excluding hydrogens is 368 g/mol. The first kappa shape index (κ1) is 21.1. The average molecular weight is 393 g/mol. The first-order valence-corrected chi connectivity index (χ1v) is 9.13. The highest BCUT2D eigenvalue weighted by molar-refractivity contribution is 6.31. The number of rotatable bonds is 3. The Morgan fingerprint density at radius 1 is 1.44 bits per heavy atom. The van der Waals surface area contributed by atoms with Gasteiger partial charge in [-0.2, -0.15) is 0 Å². The van der Waals surface area contributed by atoms with Crippen molar-refractivity contribution < 1.29 is 19.4 Å². The molecule has 1 saturated heterocycles. The first-order valence-electron chi connectivity index (χ1n) is 8.76. The fourth-order valence-corrected chi connectivity index (χ4v) is 3.28. The number of benzene rings is 1. The highest BCUT2D eigenvalue weighted by atomic mass is 35.5. The van der Waals surface area contributed by atoms with E-state index in [0.29, 0.717) is 16.1 Å². The third kappa shape index (κ3) is 5.38. The summed E-state index contributed by atoms with van der Waals surface area (Å²) in [5.74, 6) is 2.13. The van der Waals surface area contributed by atoms with Crippen LogP contribution in [0, 0.1) is 12.3 Å². The van der Waals surface area contributed by atoms with Crippen LogP contribution in [0.5, 0.6) is 0 Å². The quantitative estimate of drug-likeness (QED) is 0.775. The zero-order valence-electron chi connectivity index (χ0n) is 16.0. The maximum Gasteiger partial charge on any atom is 0.411 e. The molecule has 2 amide bonds. The van der Waals surface area contributed by atoms with E-state index in [2.05, 4.69) is 11.2 Å². The van der Waals surface area contributed by atoms with Crippen LogP contribution in [0.2, 0.25) is 5.02 Å². The molecule has 0 radical (unpaired) electrons. The first-order chi connectivity index (χ1) is 12.5. The third-order valence-corrected chi connectivity index (χ3v) is 4.53. The van der Waals surface area contributed by atoms with Crippen molar-refractivity contribution in [2.75, 3.05) is 6.54 Å². The van der Waals surface area contributed by atoms with Crippen molar-refractivity contribution in [1.82, 2.24) is 10.2 Å². The van der Waals surface area contributed by atoms with Gasteiger partial charge in [0.15, 0.2) is 0 Å². The Balaban J connectivity index is 2.11. The molecular formula is C20H25ClN2O4. The number of carbonyl (C=O) groups is 2. The number of ether oxygens (including phenoxy) is 1. The van der Waals surface area contributed by atoms with Crippen LogP contribution in [0.25, 0.3) is 0 Å². The molecule has 1 aliphatic rings. The lowest BCUT2D eigenvalue weighted by Crippen LogP contribution is -2.48. The van der Waals surface area contributed by atoms with Crippen LogP contribution in [0.1, 0.15) is 51.3 Å². The van der Waals surface area contributed by atoms with Crippen LogP contribution in [0.15, 0.2) is 18.2 Å². The number of hydrogen-bond donors (Lipinski definition) is 2. The largest absolute Gasteiger partial charge is 0.444 e. The molecule has 7 heteroatoms. The van der Waals surface area contributed by atoms with Crippen LogP contribution >= 0.6 is 11.6 Å². The SMILES string of the molecule is C#Cc1ccc(C(C)NC(=O)C2CC(O)CN2C(=O)OC(C)(C)C)c(Cl)c1. The summed E-state index contributed by atoms with van der Waals surface area (Å²) in [6, 6.07) is 3.97.